The van der Waals surface area contributed by atoms with E-state index in [0.29, 0.717) is 45.0 Å². The molecule has 1 amide bonds. The Hall–Kier alpha value is -4.08. The zero-order chi connectivity index (χ0) is 33.7. The molecule has 0 spiro atoms. The maximum absolute atomic E-state index is 13.2. The number of hydrogen-bond acceptors (Lipinski definition) is 5. The van der Waals surface area contributed by atoms with E-state index in [-0.39, 0.29) is 35.1 Å². The zero-order valence-corrected chi connectivity index (χ0v) is 27.9. The van der Waals surface area contributed by atoms with Crippen molar-refractivity contribution < 1.29 is 35.2 Å². The minimum atomic E-state index is -4.93. The Labute approximate surface area is 268 Å². The molecule has 0 saturated heterocycles. The molecular formula is C35H34NO8S2+. The minimum absolute atomic E-state index is 0.00424. The highest BCUT2D eigenvalue weighted by Crippen LogP contribution is 2.52. The van der Waals surface area contributed by atoms with E-state index in [4.69, 9.17) is 10.8 Å². The standard InChI is InChI=1S/C35H33NO8S2/c1-8-13-36-33(37)21-11-9-20(10-12-21)28-24-16-26-22(14-18(2)34(26,4)5)31(45(38,39)40)29(24)44-30-25(28)17-27-23(32(30)46(41,42)43)15-19(3)35(27,6)7/h1,9-12,14,16-17,19H,13,15H2,2-7H3,(H2-,36,37,38,39,40,41,42,43)/p+1. The van der Waals surface area contributed by atoms with Gasteiger partial charge in [-0.05, 0) is 71.2 Å². The predicted octanol–water partition coefficient (Wildman–Crippen LogP) is 6.55. The maximum Gasteiger partial charge on any atom is 0.383 e. The van der Waals surface area contributed by atoms with Crippen LogP contribution in [-0.2, 0) is 37.5 Å². The van der Waals surface area contributed by atoms with Crippen LogP contribution >= 0.6 is 0 Å². The average Bonchev–Trinajstić information content (AvgIpc) is 3.32. The van der Waals surface area contributed by atoms with Gasteiger partial charge in [0.05, 0.1) is 17.3 Å². The Morgan fingerprint density at radius 2 is 1.54 bits per heavy atom. The van der Waals surface area contributed by atoms with Gasteiger partial charge in [0.1, 0.15) is 0 Å². The Kier molecular flexibility index (Phi) is 7.08. The van der Waals surface area contributed by atoms with Crippen LogP contribution in [0.4, 0.5) is 0 Å². The second-order valence-electron chi connectivity index (χ2n) is 13.3. The maximum atomic E-state index is 13.2. The van der Waals surface area contributed by atoms with Crippen LogP contribution in [0.5, 0.6) is 0 Å². The first-order valence-electron chi connectivity index (χ1n) is 14.7. The normalized spacial score (nSPS) is 18.2. The van der Waals surface area contributed by atoms with E-state index < -0.39 is 40.9 Å². The van der Waals surface area contributed by atoms with Crippen LogP contribution in [0.25, 0.3) is 39.1 Å². The van der Waals surface area contributed by atoms with Crippen LogP contribution in [0, 0.1) is 18.3 Å². The Bertz CT molecular complexity index is 2310. The lowest BCUT2D eigenvalue weighted by Gasteiger charge is -2.25. The third-order valence-electron chi connectivity index (χ3n) is 10.1. The second kappa shape index (κ2) is 10.2. The van der Waals surface area contributed by atoms with E-state index >= 15 is 0 Å². The first-order valence-corrected chi connectivity index (χ1v) is 17.6. The van der Waals surface area contributed by atoms with Crippen LogP contribution < -0.4 is 5.32 Å². The number of terminal acetylenes is 1. The average molecular weight is 661 g/mol. The SMILES string of the molecule is C#CCNC(=O)c1ccc(-c2c3cc4c(c(S(=O)(=O)O)c3[o+]c3c(S(=O)(=O)O)c5c(cc23)C(C)(C)C(C)C5)C=C(C)C4(C)C)cc1. The fraction of sp³-hybridized carbons (Fsp3) is 0.314. The highest BCUT2D eigenvalue weighted by Gasteiger charge is 2.46. The van der Waals surface area contributed by atoms with Crippen molar-refractivity contribution in [1.82, 2.24) is 5.32 Å². The van der Waals surface area contributed by atoms with Crippen molar-refractivity contribution >= 4 is 54.2 Å². The van der Waals surface area contributed by atoms with E-state index in [1.807, 2.05) is 53.7 Å². The van der Waals surface area contributed by atoms with Crippen molar-refractivity contribution in [2.75, 3.05) is 6.54 Å². The number of hydrogen-bond donors (Lipinski definition) is 3. The monoisotopic (exact) mass is 660 g/mol. The molecule has 0 radical (unpaired) electrons. The predicted molar refractivity (Wildman–Crippen MR) is 177 cm³/mol. The fourth-order valence-corrected chi connectivity index (χ4v) is 8.61. The number of fused-ring (bicyclic) bond motifs is 4. The molecular weight excluding hydrogens is 627 g/mol. The summed E-state index contributed by atoms with van der Waals surface area (Å²) in [6, 6.07) is 10.2. The molecule has 3 aromatic carbocycles. The molecule has 46 heavy (non-hydrogen) atoms. The summed E-state index contributed by atoms with van der Waals surface area (Å²) in [6.07, 6.45) is 7.29. The number of rotatable bonds is 5. The molecule has 2 aliphatic carbocycles. The number of nitrogens with one attached hydrogen (secondary N) is 1. The molecule has 238 valence electrons. The largest absolute Gasteiger partial charge is 0.383 e. The van der Waals surface area contributed by atoms with Gasteiger partial charge in [-0.15, -0.1) is 6.42 Å². The molecule has 0 bridgehead atoms. The van der Waals surface area contributed by atoms with Crippen LogP contribution in [-0.4, -0.2) is 38.4 Å². The van der Waals surface area contributed by atoms with Gasteiger partial charge in [0, 0.05) is 22.1 Å². The summed E-state index contributed by atoms with van der Waals surface area (Å²) in [6.45, 7) is 11.8. The Morgan fingerprint density at radius 3 is 2.11 bits per heavy atom. The smallest absolute Gasteiger partial charge is 0.341 e. The molecule has 6 rings (SSSR count). The van der Waals surface area contributed by atoms with Crippen molar-refractivity contribution in [3.05, 3.63) is 69.8 Å². The molecule has 0 aliphatic heterocycles. The van der Waals surface area contributed by atoms with Crippen LogP contribution in [0.1, 0.15) is 74.2 Å². The lowest BCUT2D eigenvalue weighted by molar-refractivity contribution is 0.0958. The van der Waals surface area contributed by atoms with Gasteiger partial charge in [-0.3, -0.25) is 13.9 Å². The van der Waals surface area contributed by atoms with Crippen LogP contribution in [0.3, 0.4) is 0 Å². The summed E-state index contributed by atoms with van der Waals surface area (Å²) in [5.41, 5.74) is 2.54. The Morgan fingerprint density at radius 1 is 0.978 bits per heavy atom. The molecule has 11 heteroatoms. The van der Waals surface area contributed by atoms with Gasteiger partial charge in [0.2, 0.25) is 9.79 Å². The highest BCUT2D eigenvalue weighted by atomic mass is 32.2. The van der Waals surface area contributed by atoms with Crippen molar-refractivity contribution in [2.45, 2.75) is 68.6 Å². The topological polar surface area (TPSA) is 149 Å². The molecule has 4 aromatic rings. The molecule has 0 fully saturated rings. The van der Waals surface area contributed by atoms with Crippen molar-refractivity contribution in [3.63, 3.8) is 0 Å². The van der Waals surface area contributed by atoms with Gasteiger partial charge in [0.15, 0.2) is 0 Å². The molecule has 1 heterocycles. The summed E-state index contributed by atoms with van der Waals surface area (Å²) in [5.74, 6) is 1.97. The highest BCUT2D eigenvalue weighted by molar-refractivity contribution is 7.86. The van der Waals surface area contributed by atoms with Gasteiger partial charge < -0.3 is 5.32 Å². The van der Waals surface area contributed by atoms with Gasteiger partial charge in [0.25, 0.3) is 5.91 Å². The quantitative estimate of drug-likeness (QED) is 0.0944. The third-order valence-corrected chi connectivity index (χ3v) is 12.0. The van der Waals surface area contributed by atoms with Crippen molar-refractivity contribution in [1.29, 1.82) is 0 Å². The third kappa shape index (κ3) is 4.66. The zero-order valence-electron chi connectivity index (χ0n) is 26.3. The number of carbonyl (C=O) groups is 1. The first kappa shape index (κ1) is 31.9. The molecule has 1 atom stereocenters. The van der Waals surface area contributed by atoms with Crippen molar-refractivity contribution in [2.24, 2.45) is 5.92 Å². The number of benzene rings is 3. The first-order chi connectivity index (χ1) is 21.3. The number of amides is 1. The van der Waals surface area contributed by atoms with Gasteiger partial charge in [-0.1, -0.05) is 64.3 Å². The van der Waals surface area contributed by atoms with Gasteiger partial charge >= 0.3 is 31.4 Å². The van der Waals surface area contributed by atoms with Crippen LogP contribution in [0.15, 0.2) is 56.2 Å². The summed E-state index contributed by atoms with van der Waals surface area (Å²) >= 11 is 0. The lowest BCUT2D eigenvalue weighted by atomic mass is 9.79. The lowest BCUT2D eigenvalue weighted by Crippen LogP contribution is -2.23. The molecule has 1 aromatic heterocycles. The Balaban J connectivity index is 1.86. The van der Waals surface area contributed by atoms with E-state index in [0.717, 1.165) is 11.1 Å². The fourth-order valence-electron chi connectivity index (χ4n) is 6.89. The van der Waals surface area contributed by atoms with Crippen molar-refractivity contribution in [3.8, 4) is 23.5 Å². The number of carbonyl (C=O) groups excluding carboxylic acids is 1. The summed E-state index contributed by atoms with van der Waals surface area (Å²) in [5, 5.41) is 3.25. The van der Waals surface area contributed by atoms with Gasteiger partial charge in [-0.2, -0.15) is 16.8 Å². The van der Waals surface area contributed by atoms with Crippen LogP contribution in [0.2, 0.25) is 0 Å². The molecule has 1 unspecified atom stereocenters. The molecule has 2 aliphatic rings. The van der Waals surface area contributed by atoms with E-state index in [1.54, 1.807) is 30.3 Å². The second-order valence-corrected chi connectivity index (χ2v) is 16.0. The number of allylic oxidation sites excluding steroid dienone is 1. The molecule has 9 nitrogen and oxygen atoms in total. The summed E-state index contributed by atoms with van der Waals surface area (Å²) in [7, 11) is -9.83. The van der Waals surface area contributed by atoms with E-state index in [9.17, 15) is 30.7 Å². The summed E-state index contributed by atoms with van der Waals surface area (Å²) in [4.78, 5) is 11.7. The van der Waals surface area contributed by atoms with Gasteiger partial charge in [-0.25, -0.2) is 4.42 Å². The summed E-state index contributed by atoms with van der Waals surface area (Å²) < 4.78 is 80.3. The van der Waals surface area contributed by atoms with E-state index in [2.05, 4.69) is 11.2 Å². The van der Waals surface area contributed by atoms with E-state index in [1.165, 1.54) is 0 Å². The minimum Gasteiger partial charge on any atom is -0.341 e. The molecule has 0 saturated carbocycles. The molecule has 3 N–H and O–H groups in total.